The molecular weight excluding hydrogens is 228 g/mol. The van der Waals surface area contributed by atoms with Crippen LogP contribution in [0.1, 0.15) is 26.7 Å². The van der Waals surface area contributed by atoms with E-state index in [1.165, 1.54) is 0 Å². The minimum Gasteiger partial charge on any atom is -0.454 e. The van der Waals surface area contributed by atoms with Crippen molar-refractivity contribution in [3.8, 4) is 17.6 Å². The smallest absolute Gasteiger partial charge is 0.231 e. The fourth-order valence-corrected chi connectivity index (χ4v) is 1.83. The summed E-state index contributed by atoms with van der Waals surface area (Å²) in [6, 6.07) is 8.13. The van der Waals surface area contributed by atoms with Crippen LogP contribution in [0.3, 0.4) is 0 Å². The van der Waals surface area contributed by atoms with Gasteiger partial charge in [0.05, 0.1) is 11.5 Å². The minimum absolute atomic E-state index is 0.240. The van der Waals surface area contributed by atoms with Crippen molar-refractivity contribution in [2.75, 3.05) is 18.7 Å². The Morgan fingerprint density at radius 1 is 1.33 bits per heavy atom. The molecule has 1 aliphatic rings. The standard InChI is InChI=1S/C14H18N2O2/c1-14(2,9-15)6-3-7-16-11-4-5-12-13(8-11)18-10-17-12/h4-5,8,16H,3,6-7,10H2,1-2H3. The van der Waals surface area contributed by atoms with E-state index in [0.717, 1.165) is 36.6 Å². The van der Waals surface area contributed by atoms with Crippen LogP contribution in [-0.4, -0.2) is 13.3 Å². The van der Waals surface area contributed by atoms with Crippen LogP contribution in [0.25, 0.3) is 0 Å². The summed E-state index contributed by atoms with van der Waals surface area (Å²) < 4.78 is 10.6. The zero-order chi connectivity index (χ0) is 13.0. The third-order valence-corrected chi connectivity index (χ3v) is 2.98. The molecule has 1 heterocycles. The molecule has 0 spiro atoms. The summed E-state index contributed by atoms with van der Waals surface area (Å²) >= 11 is 0. The SMILES string of the molecule is CC(C)(C#N)CCCNc1ccc2c(c1)OCO2. The summed E-state index contributed by atoms with van der Waals surface area (Å²) in [5.74, 6) is 1.59. The summed E-state index contributed by atoms with van der Waals surface area (Å²) in [6.45, 7) is 5.08. The lowest BCUT2D eigenvalue weighted by Crippen LogP contribution is -2.11. The average Bonchev–Trinajstić information content (AvgIpc) is 2.82. The normalized spacial score (nSPS) is 13.2. The molecule has 0 saturated carbocycles. The van der Waals surface area contributed by atoms with Crippen LogP contribution in [-0.2, 0) is 0 Å². The van der Waals surface area contributed by atoms with E-state index in [1.807, 2.05) is 32.0 Å². The largest absolute Gasteiger partial charge is 0.454 e. The third kappa shape index (κ3) is 3.07. The first-order valence-electron chi connectivity index (χ1n) is 6.15. The van der Waals surface area contributed by atoms with Crippen molar-refractivity contribution in [3.05, 3.63) is 18.2 Å². The highest BCUT2D eigenvalue weighted by molar-refractivity contribution is 5.55. The molecule has 1 aliphatic heterocycles. The first kappa shape index (κ1) is 12.6. The van der Waals surface area contributed by atoms with Crippen LogP contribution in [0.4, 0.5) is 5.69 Å². The van der Waals surface area contributed by atoms with E-state index < -0.39 is 0 Å². The lowest BCUT2D eigenvalue weighted by Gasteiger charge is -2.15. The maximum Gasteiger partial charge on any atom is 0.231 e. The predicted molar refractivity (Wildman–Crippen MR) is 69.7 cm³/mol. The number of anilines is 1. The lowest BCUT2D eigenvalue weighted by atomic mass is 9.90. The Labute approximate surface area is 108 Å². The first-order valence-corrected chi connectivity index (χ1v) is 6.15. The number of nitriles is 1. The van der Waals surface area contributed by atoms with Gasteiger partial charge in [-0.15, -0.1) is 0 Å². The highest BCUT2D eigenvalue weighted by Crippen LogP contribution is 2.34. The Bertz CT molecular complexity index is 463. The van der Waals surface area contributed by atoms with Crippen molar-refractivity contribution in [2.45, 2.75) is 26.7 Å². The minimum atomic E-state index is -0.240. The summed E-state index contributed by atoms with van der Waals surface area (Å²) in [5, 5.41) is 12.2. The molecule has 1 N–H and O–H groups in total. The van der Waals surface area contributed by atoms with Gasteiger partial charge in [-0.05, 0) is 38.8 Å². The van der Waals surface area contributed by atoms with Gasteiger partial charge in [0.1, 0.15) is 0 Å². The number of hydrogen-bond donors (Lipinski definition) is 1. The van der Waals surface area contributed by atoms with Gasteiger partial charge in [0.15, 0.2) is 11.5 Å². The summed E-state index contributed by atoms with van der Waals surface area (Å²) in [6.07, 6.45) is 1.86. The Morgan fingerprint density at radius 3 is 2.89 bits per heavy atom. The molecule has 0 fully saturated rings. The fourth-order valence-electron chi connectivity index (χ4n) is 1.83. The quantitative estimate of drug-likeness (QED) is 0.811. The number of nitrogens with one attached hydrogen (secondary N) is 1. The molecule has 0 radical (unpaired) electrons. The number of fused-ring (bicyclic) bond motifs is 1. The van der Waals surface area contributed by atoms with Gasteiger partial charge in [0.25, 0.3) is 0 Å². The van der Waals surface area contributed by atoms with Crippen LogP contribution >= 0.6 is 0 Å². The molecule has 1 aromatic rings. The molecule has 4 nitrogen and oxygen atoms in total. The van der Waals surface area contributed by atoms with Crippen LogP contribution < -0.4 is 14.8 Å². The van der Waals surface area contributed by atoms with E-state index in [4.69, 9.17) is 14.7 Å². The Balaban J connectivity index is 1.79. The van der Waals surface area contributed by atoms with E-state index >= 15 is 0 Å². The van der Waals surface area contributed by atoms with E-state index in [0.29, 0.717) is 6.79 Å². The molecule has 0 bridgehead atoms. The van der Waals surface area contributed by atoms with Gasteiger partial charge in [-0.2, -0.15) is 5.26 Å². The molecule has 0 aliphatic carbocycles. The second kappa shape index (κ2) is 5.18. The van der Waals surface area contributed by atoms with Crippen LogP contribution in [0, 0.1) is 16.7 Å². The van der Waals surface area contributed by atoms with Gasteiger partial charge in [-0.25, -0.2) is 0 Å². The Kier molecular flexibility index (Phi) is 3.61. The van der Waals surface area contributed by atoms with Crippen molar-refractivity contribution in [3.63, 3.8) is 0 Å². The number of hydrogen-bond acceptors (Lipinski definition) is 4. The second-order valence-electron chi connectivity index (χ2n) is 5.09. The molecule has 1 aromatic carbocycles. The summed E-state index contributed by atoms with van der Waals surface area (Å²) in [4.78, 5) is 0. The zero-order valence-corrected chi connectivity index (χ0v) is 10.8. The van der Waals surface area contributed by atoms with E-state index in [1.54, 1.807) is 0 Å². The van der Waals surface area contributed by atoms with Crippen LogP contribution in [0.2, 0.25) is 0 Å². The molecule has 4 heteroatoms. The van der Waals surface area contributed by atoms with E-state index in [9.17, 15) is 0 Å². The van der Waals surface area contributed by atoms with Crippen LogP contribution in [0.5, 0.6) is 11.5 Å². The maximum absolute atomic E-state index is 8.92. The molecular formula is C14H18N2O2. The number of ether oxygens (including phenoxy) is 2. The molecule has 2 rings (SSSR count). The van der Waals surface area contributed by atoms with Crippen molar-refractivity contribution in [1.82, 2.24) is 0 Å². The molecule has 96 valence electrons. The lowest BCUT2D eigenvalue weighted by molar-refractivity contribution is 0.174. The van der Waals surface area contributed by atoms with Gasteiger partial charge in [0.2, 0.25) is 6.79 Å². The number of nitrogens with zero attached hydrogens (tertiary/aromatic N) is 1. The molecule has 0 unspecified atom stereocenters. The highest BCUT2D eigenvalue weighted by atomic mass is 16.7. The highest BCUT2D eigenvalue weighted by Gasteiger charge is 2.16. The predicted octanol–water partition coefficient (Wildman–Crippen LogP) is 3.16. The van der Waals surface area contributed by atoms with Gasteiger partial charge in [0, 0.05) is 18.3 Å². The first-order chi connectivity index (χ1) is 8.61. The van der Waals surface area contributed by atoms with Gasteiger partial charge in [-0.3, -0.25) is 0 Å². The molecule has 0 atom stereocenters. The zero-order valence-electron chi connectivity index (χ0n) is 10.8. The number of rotatable bonds is 5. The summed E-state index contributed by atoms with van der Waals surface area (Å²) in [7, 11) is 0. The Morgan fingerprint density at radius 2 is 2.11 bits per heavy atom. The maximum atomic E-state index is 8.92. The molecule has 0 saturated heterocycles. The monoisotopic (exact) mass is 246 g/mol. The van der Waals surface area contributed by atoms with E-state index in [2.05, 4.69) is 11.4 Å². The summed E-state index contributed by atoms with van der Waals surface area (Å²) in [5.41, 5.74) is 0.783. The Hall–Kier alpha value is -1.89. The van der Waals surface area contributed by atoms with Crippen molar-refractivity contribution in [2.24, 2.45) is 5.41 Å². The van der Waals surface area contributed by atoms with Crippen molar-refractivity contribution >= 4 is 5.69 Å². The van der Waals surface area contributed by atoms with Gasteiger partial charge < -0.3 is 14.8 Å². The fraction of sp³-hybridized carbons (Fsp3) is 0.500. The second-order valence-corrected chi connectivity index (χ2v) is 5.09. The molecule has 0 aromatic heterocycles. The van der Waals surface area contributed by atoms with Crippen LogP contribution in [0.15, 0.2) is 18.2 Å². The molecule has 0 amide bonds. The topological polar surface area (TPSA) is 54.3 Å². The van der Waals surface area contributed by atoms with Crippen molar-refractivity contribution in [1.29, 1.82) is 5.26 Å². The van der Waals surface area contributed by atoms with Crippen molar-refractivity contribution < 1.29 is 9.47 Å². The third-order valence-electron chi connectivity index (χ3n) is 2.98. The number of benzene rings is 1. The average molecular weight is 246 g/mol. The van der Waals surface area contributed by atoms with Gasteiger partial charge >= 0.3 is 0 Å². The van der Waals surface area contributed by atoms with Gasteiger partial charge in [-0.1, -0.05) is 0 Å². The molecule has 18 heavy (non-hydrogen) atoms. The van der Waals surface area contributed by atoms with E-state index in [-0.39, 0.29) is 5.41 Å².